The fourth-order valence-corrected chi connectivity index (χ4v) is 2.17. The van der Waals surface area contributed by atoms with E-state index in [1.54, 1.807) is 0 Å². The van der Waals surface area contributed by atoms with Crippen LogP contribution in [0.3, 0.4) is 0 Å². The first-order chi connectivity index (χ1) is 5.18. The molecule has 4 N–H and O–H groups in total. The Bertz CT molecular complexity index is 122. The van der Waals surface area contributed by atoms with Crippen LogP contribution in [0.15, 0.2) is 0 Å². The Kier molecular flexibility index (Phi) is 6.83. The van der Waals surface area contributed by atoms with Gasteiger partial charge in [0.2, 0.25) is 0 Å². The van der Waals surface area contributed by atoms with Gasteiger partial charge in [-0.15, -0.1) is 0 Å². The lowest BCUT2D eigenvalue weighted by atomic mass is 10.4. The lowest BCUT2D eigenvalue weighted by molar-refractivity contribution is -0.137. The number of carboxylic acid groups (broad SMARTS) is 1. The number of aliphatic hydroxyl groups is 1. The molecule has 1 unspecified atom stereocenters. The van der Waals surface area contributed by atoms with Gasteiger partial charge in [0, 0.05) is 11.5 Å². The molecule has 0 amide bonds. The van der Waals surface area contributed by atoms with Gasteiger partial charge in [0.15, 0.2) is 0 Å². The van der Waals surface area contributed by atoms with Crippen LogP contribution in [0.25, 0.3) is 0 Å². The van der Waals surface area contributed by atoms with Crippen LogP contribution < -0.4 is 5.73 Å². The highest BCUT2D eigenvalue weighted by atomic mass is 33.1. The Morgan fingerprint density at radius 2 is 2.18 bits per heavy atom. The Labute approximate surface area is 72.9 Å². The van der Waals surface area contributed by atoms with Gasteiger partial charge in [0.25, 0.3) is 0 Å². The van der Waals surface area contributed by atoms with Crippen molar-refractivity contribution in [2.24, 2.45) is 5.73 Å². The highest BCUT2D eigenvalue weighted by Gasteiger charge is 2.10. The number of nitrogens with two attached hydrogens (primary N) is 1. The first-order valence-corrected chi connectivity index (χ1v) is 5.51. The van der Waals surface area contributed by atoms with Gasteiger partial charge in [-0.1, -0.05) is 21.6 Å². The topological polar surface area (TPSA) is 83.5 Å². The maximum absolute atomic E-state index is 10.2. The molecule has 0 aromatic rings. The molecule has 6 heteroatoms. The van der Waals surface area contributed by atoms with Crippen LogP contribution in [-0.2, 0) is 4.79 Å². The maximum atomic E-state index is 10.2. The first kappa shape index (κ1) is 11.1. The van der Waals surface area contributed by atoms with E-state index in [0.717, 1.165) is 0 Å². The Morgan fingerprint density at radius 3 is 2.64 bits per heavy atom. The van der Waals surface area contributed by atoms with Crippen molar-refractivity contribution in [1.82, 2.24) is 0 Å². The Morgan fingerprint density at radius 1 is 1.55 bits per heavy atom. The molecule has 0 saturated carbocycles. The molecular weight excluding hydrogens is 186 g/mol. The summed E-state index contributed by atoms with van der Waals surface area (Å²) < 4.78 is 0. The average Bonchev–Trinajstić information content (AvgIpc) is 1.97. The van der Waals surface area contributed by atoms with Crippen LogP contribution in [0, 0.1) is 0 Å². The quantitative estimate of drug-likeness (QED) is 0.403. The SMILES string of the molecule is NC(CSSCCO)C(=O)O. The van der Waals surface area contributed by atoms with Crippen molar-refractivity contribution in [3.8, 4) is 0 Å². The third-order valence-corrected chi connectivity index (χ3v) is 3.24. The molecule has 0 bridgehead atoms. The summed E-state index contributed by atoms with van der Waals surface area (Å²) in [6.45, 7) is 0.111. The number of hydrogen-bond donors (Lipinski definition) is 3. The molecule has 0 rings (SSSR count). The molecular formula is C5H11NO3S2. The van der Waals surface area contributed by atoms with Crippen LogP contribution in [0.1, 0.15) is 0 Å². The highest BCUT2D eigenvalue weighted by molar-refractivity contribution is 8.76. The standard InChI is InChI=1S/C5H11NO3S2/c6-4(5(8)9)3-11-10-2-1-7/h4,7H,1-3,6H2,(H,8,9). The molecule has 0 radical (unpaired) electrons. The first-order valence-electron chi connectivity index (χ1n) is 3.02. The number of carbonyl (C=O) groups is 1. The second-order valence-electron chi connectivity index (χ2n) is 1.77. The summed E-state index contributed by atoms with van der Waals surface area (Å²) in [4.78, 5) is 10.2. The van der Waals surface area contributed by atoms with E-state index in [9.17, 15) is 4.79 Å². The zero-order valence-corrected chi connectivity index (χ0v) is 7.53. The lowest BCUT2D eigenvalue weighted by Crippen LogP contribution is -2.32. The second kappa shape index (κ2) is 6.78. The van der Waals surface area contributed by atoms with Crippen molar-refractivity contribution >= 4 is 27.6 Å². The van der Waals surface area contributed by atoms with Gasteiger partial charge in [0.05, 0.1) is 6.61 Å². The van der Waals surface area contributed by atoms with E-state index in [2.05, 4.69) is 0 Å². The van der Waals surface area contributed by atoms with Crippen molar-refractivity contribution in [1.29, 1.82) is 0 Å². The number of aliphatic carboxylic acids is 1. The number of aliphatic hydroxyl groups excluding tert-OH is 1. The van der Waals surface area contributed by atoms with Crippen molar-refractivity contribution in [3.63, 3.8) is 0 Å². The lowest BCUT2D eigenvalue weighted by Gasteiger charge is -2.03. The molecule has 0 aliphatic rings. The zero-order valence-electron chi connectivity index (χ0n) is 5.90. The van der Waals surface area contributed by atoms with E-state index >= 15 is 0 Å². The summed E-state index contributed by atoms with van der Waals surface area (Å²) in [7, 11) is 2.79. The monoisotopic (exact) mass is 197 g/mol. The molecule has 0 aliphatic carbocycles. The molecule has 4 nitrogen and oxygen atoms in total. The van der Waals surface area contributed by atoms with Gasteiger partial charge in [0.1, 0.15) is 6.04 Å². The molecule has 11 heavy (non-hydrogen) atoms. The van der Waals surface area contributed by atoms with E-state index in [0.29, 0.717) is 11.5 Å². The summed E-state index contributed by atoms with van der Waals surface area (Å²) >= 11 is 0. The van der Waals surface area contributed by atoms with Crippen LogP contribution in [-0.4, -0.2) is 40.3 Å². The third-order valence-electron chi connectivity index (χ3n) is 0.823. The molecule has 0 saturated heterocycles. The van der Waals surface area contributed by atoms with Crippen molar-refractivity contribution < 1.29 is 15.0 Å². The number of carboxylic acids is 1. The predicted octanol–water partition coefficient (Wildman–Crippen LogP) is -0.228. The van der Waals surface area contributed by atoms with Crippen molar-refractivity contribution in [2.75, 3.05) is 18.1 Å². The molecule has 0 aromatic carbocycles. The Hall–Kier alpha value is 0.0900. The number of rotatable bonds is 6. The summed E-state index contributed by atoms with van der Waals surface area (Å²) in [5.74, 6) is -0.00103. The van der Waals surface area contributed by atoms with Gasteiger partial charge < -0.3 is 15.9 Å². The summed E-state index contributed by atoms with van der Waals surface area (Å²) in [6.07, 6.45) is 0. The van der Waals surface area contributed by atoms with Gasteiger partial charge in [-0.2, -0.15) is 0 Å². The molecule has 1 atom stereocenters. The zero-order chi connectivity index (χ0) is 8.69. The predicted molar refractivity (Wildman–Crippen MR) is 47.6 cm³/mol. The van der Waals surface area contributed by atoms with Crippen LogP contribution in [0.2, 0.25) is 0 Å². The molecule has 0 fully saturated rings. The van der Waals surface area contributed by atoms with E-state index in [1.165, 1.54) is 21.6 Å². The van der Waals surface area contributed by atoms with Crippen molar-refractivity contribution in [3.05, 3.63) is 0 Å². The smallest absolute Gasteiger partial charge is 0.321 e. The summed E-state index contributed by atoms with van der Waals surface area (Å²) in [6, 6.07) is -0.800. The third kappa shape index (κ3) is 6.49. The summed E-state index contributed by atoms with van der Waals surface area (Å²) in [5, 5.41) is 16.7. The molecule has 0 aliphatic heterocycles. The van der Waals surface area contributed by atoms with Gasteiger partial charge in [-0.25, -0.2) is 0 Å². The van der Waals surface area contributed by atoms with Crippen molar-refractivity contribution in [2.45, 2.75) is 6.04 Å². The highest BCUT2D eigenvalue weighted by Crippen LogP contribution is 2.20. The minimum atomic E-state index is -0.984. The maximum Gasteiger partial charge on any atom is 0.321 e. The number of hydrogen-bond acceptors (Lipinski definition) is 5. The van der Waals surface area contributed by atoms with E-state index < -0.39 is 12.0 Å². The molecule has 0 spiro atoms. The normalized spacial score (nSPS) is 12.9. The van der Waals surface area contributed by atoms with Gasteiger partial charge in [-0.3, -0.25) is 4.79 Å². The summed E-state index contributed by atoms with van der Waals surface area (Å²) in [5.41, 5.74) is 5.20. The molecule has 66 valence electrons. The average molecular weight is 197 g/mol. The minimum Gasteiger partial charge on any atom is -0.480 e. The van der Waals surface area contributed by atoms with E-state index in [1.807, 2.05) is 0 Å². The largest absolute Gasteiger partial charge is 0.480 e. The van der Waals surface area contributed by atoms with E-state index in [-0.39, 0.29) is 6.61 Å². The molecule has 0 heterocycles. The molecule has 0 aromatic heterocycles. The van der Waals surface area contributed by atoms with Crippen LogP contribution in [0.4, 0.5) is 0 Å². The van der Waals surface area contributed by atoms with Gasteiger partial charge in [-0.05, 0) is 0 Å². The minimum absolute atomic E-state index is 0.111. The fourth-order valence-electron chi connectivity index (χ4n) is 0.289. The fraction of sp³-hybridized carbons (Fsp3) is 0.800. The van der Waals surface area contributed by atoms with Crippen LogP contribution >= 0.6 is 21.6 Å². The second-order valence-corrected chi connectivity index (χ2v) is 4.40. The van der Waals surface area contributed by atoms with E-state index in [4.69, 9.17) is 15.9 Å². The Balaban J connectivity index is 3.17. The van der Waals surface area contributed by atoms with Gasteiger partial charge >= 0.3 is 5.97 Å². The van der Waals surface area contributed by atoms with Crippen LogP contribution in [0.5, 0.6) is 0 Å².